The van der Waals surface area contributed by atoms with E-state index >= 15 is 0 Å². The van der Waals surface area contributed by atoms with Gasteiger partial charge >= 0.3 is 6.09 Å². The number of Topliss-reactive ketones (excluding diaryl/α,β-unsaturated/α-hetero) is 1. The number of hydrogen-bond acceptors (Lipinski definition) is 8. The molecule has 234 valence electrons. The number of amides is 4. The lowest BCUT2D eigenvalue weighted by atomic mass is 10.0. The number of rotatable bonds is 10. The fourth-order valence-corrected chi connectivity index (χ4v) is 4.99. The maximum absolute atomic E-state index is 14.1. The lowest BCUT2D eigenvalue weighted by molar-refractivity contribution is -0.126. The molecular formula is C33H34N4O8. The molecule has 3 aromatic rings. The molecule has 0 aliphatic carbocycles. The first-order valence-corrected chi connectivity index (χ1v) is 14.2. The van der Waals surface area contributed by atoms with Crippen LogP contribution in [-0.4, -0.2) is 66.2 Å². The summed E-state index contributed by atoms with van der Waals surface area (Å²) < 4.78 is 5.58. The Labute approximate surface area is 260 Å². The Morgan fingerprint density at radius 2 is 1.62 bits per heavy atom. The minimum Gasteiger partial charge on any atom is -0.507 e. The molecule has 0 saturated heterocycles. The number of aldehydes is 1. The average Bonchev–Trinajstić information content (AvgIpc) is 3.12. The van der Waals surface area contributed by atoms with E-state index in [1.165, 1.54) is 24.0 Å². The Balaban J connectivity index is 1.68. The van der Waals surface area contributed by atoms with Crippen molar-refractivity contribution in [1.29, 1.82) is 0 Å². The van der Waals surface area contributed by atoms with E-state index in [0.29, 0.717) is 17.4 Å². The summed E-state index contributed by atoms with van der Waals surface area (Å²) in [5.41, 5.74) is 2.27. The van der Waals surface area contributed by atoms with Crippen LogP contribution in [0, 0.1) is 13.8 Å². The summed E-state index contributed by atoms with van der Waals surface area (Å²) in [4.78, 5) is 79.4. The van der Waals surface area contributed by atoms with E-state index in [-0.39, 0.29) is 48.0 Å². The normalized spacial score (nSPS) is 14.9. The molecule has 0 unspecified atom stereocenters. The molecule has 0 aromatic heterocycles. The van der Waals surface area contributed by atoms with E-state index in [9.17, 15) is 33.9 Å². The van der Waals surface area contributed by atoms with E-state index in [4.69, 9.17) is 4.74 Å². The average molecular weight is 615 g/mol. The van der Waals surface area contributed by atoms with Gasteiger partial charge in [0.2, 0.25) is 5.91 Å². The van der Waals surface area contributed by atoms with Gasteiger partial charge in [-0.25, -0.2) is 4.79 Å². The molecular weight excluding hydrogens is 580 g/mol. The highest BCUT2D eigenvalue weighted by molar-refractivity contribution is 6.10. The van der Waals surface area contributed by atoms with Crippen LogP contribution in [0.3, 0.4) is 0 Å². The SMILES string of the molecule is CC(=O)C[C@@H](C=O)NC(=O)CN1C(=O)[C@@H](NC(=O)c2cc(C)c(O)c(C)c2)CN(C(=O)OCc2ccccc2)c2ccccc21. The Hall–Kier alpha value is -5.52. The Kier molecular flexibility index (Phi) is 10.3. The third-order valence-corrected chi connectivity index (χ3v) is 7.20. The van der Waals surface area contributed by atoms with Gasteiger partial charge in [-0.05, 0) is 61.7 Å². The number of anilines is 2. The van der Waals surface area contributed by atoms with Crippen molar-refractivity contribution in [1.82, 2.24) is 10.6 Å². The number of carbonyl (C=O) groups excluding carboxylic acids is 6. The fourth-order valence-electron chi connectivity index (χ4n) is 4.99. The maximum atomic E-state index is 14.1. The first-order chi connectivity index (χ1) is 21.5. The van der Waals surface area contributed by atoms with E-state index in [0.717, 1.165) is 10.5 Å². The number of aromatic hydroxyl groups is 1. The summed E-state index contributed by atoms with van der Waals surface area (Å²) in [5, 5.41) is 15.3. The highest BCUT2D eigenvalue weighted by atomic mass is 16.6. The zero-order valence-electron chi connectivity index (χ0n) is 25.1. The van der Waals surface area contributed by atoms with Crippen LogP contribution in [0.5, 0.6) is 5.75 Å². The molecule has 0 saturated carbocycles. The second kappa shape index (κ2) is 14.3. The second-order valence-electron chi connectivity index (χ2n) is 10.8. The number of nitrogens with zero attached hydrogens (tertiary/aromatic N) is 2. The quantitative estimate of drug-likeness (QED) is 0.294. The molecule has 0 radical (unpaired) electrons. The van der Waals surface area contributed by atoms with E-state index < -0.39 is 42.4 Å². The molecule has 1 aliphatic rings. The van der Waals surface area contributed by atoms with Gasteiger partial charge in [-0.2, -0.15) is 0 Å². The number of ether oxygens (including phenoxy) is 1. The summed E-state index contributed by atoms with van der Waals surface area (Å²) in [6, 6.07) is 15.9. The standard InChI is InChI=1S/C33H34N4O8/c1-20-13-24(14-21(2)30(20)41)31(42)35-26-16-37(33(44)45-19-23-9-5-4-6-10-23)28-12-8-7-11-27(28)36(32(26)43)17-29(40)34-25(18-38)15-22(3)39/h4-14,18,25-26,41H,15-17,19H2,1-3H3,(H,34,40)(H,35,42)/t25-,26-/m0/s1. The number of para-hydroxylation sites is 2. The number of phenolic OH excluding ortho intramolecular Hbond substituents is 1. The monoisotopic (exact) mass is 614 g/mol. The summed E-state index contributed by atoms with van der Waals surface area (Å²) >= 11 is 0. The van der Waals surface area contributed by atoms with Crippen molar-refractivity contribution in [2.45, 2.75) is 45.9 Å². The number of benzene rings is 3. The lowest BCUT2D eigenvalue weighted by Crippen LogP contribution is -2.54. The Morgan fingerprint density at radius 3 is 2.24 bits per heavy atom. The number of nitrogens with one attached hydrogen (secondary N) is 2. The van der Waals surface area contributed by atoms with Gasteiger partial charge in [-0.1, -0.05) is 42.5 Å². The molecule has 0 fully saturated rings. The third-order valence-electron chi connectivity index (χ3n) is 7.20. The number of hydrogen-bond donors (Lipinski definition) is 3. The van der Waals surface area contributed by atoms with Crippen LogP contribution >= 0.6 is 0 Å². The van der Waals surface area contributed by atoms with Crippen LogP contribution in [0.4, 0.5) is 16.2 Å². The maximum Gasteiger partial charge on any atom is 0.414 e. The van der Waals surface area contributed by atoms with Crippen LogP contribution in [0.2, 0.25) is 0 Å². The minimum atomic E-state index is -1.34. The smallest absolute Gasteiger partial charge is 0.414 e. The molecule has 4 amide bonds. The van der Waals surface area contributed by atoms with Crippen molar-refractivity contribution >= 4 is 47.3 Å². The molecule has 0 spiro atoms. The molecule has 1 aliphatic heterocycles. The van der Waals surface area contributed by atoms with Crippen molar-refractivity contribution < 1.29 is 38.6 Å². The molecule has 12 nitrogen and oxygen atoms in total. The van der Waals surface area contributed by atoms with Gasteiger partial charge in [0.25, 0.3) is 11.8 Å². The predicted octanol–water partition coefficient (Wildman–Crippen LogP) is 2.96. The van der Waals surface area contributed by atoms with Crippen molar-refractivity contribution in [3.05, 3.63) is 89.0 Å². The summed E-state index contributed by atoms with van der Waals surface area (Å²) in [6.45, 7) is 3.60. The molecule has 3 N–H and O–H groups in total. The summed E-state index contributed by atoms with van der Waals surface area (Å²) in [6.07, 6.45) is -0.569. The van der Waals surface area contributed by atoms with Gasteiger partial charge < -0.3 is 25.3 Å². The van der Waals surface area contributed by atoms with E-state index in [2.05, 4.69) is 10.6 Å². The van der Waals surface area contributed by atoms with Gasteiger partial charge in [-0.3, -0.25) is 29.0 Å². The van der Waals surface area contributed by atoms with Gasteiger partial charge in [0.05, 0.1) is 24.0 Å². The molecule has 3 aromatic carbocycles. The van der Waals surface area contributed by atoms with Gasteiger partial charge in [0.15, 0.2) is 0 Å². The topological polar surface area (TPSA) is 162 Å². The number of fused-ring (bicyclic) bond motifs is 1. The van der Waals surface area contributed by atoms with Crippen molar-refractivity contribution in [3.8, 4) is 5.75 Å². The Morgan fingerprint density at radius 1 is 1.00 bits per heavy atom. The summed E-state index contributed by atoms with van der Waals surface area (Å²) in [5.74, 6) is -2.35. The Bertz CT molecular complexity index is 1600. The van der Waals surface area contributed by atoms with Crippen molar-refractivity contribution in [3.63, 3.8) is 0 Å². The van der Waals surface area contributed by atoms with Gasteiger partial charge in [-0.15, -0.1) is 0 Å². The fraction of sp³-hybridized carbons (Fsp3) is 0.273. The number of phenols is 1. The zero-order valence-corrected chi connectivity index (χ0v) is 25.1. The van der Waals surface area contributed by atoms with E-state index in [1.807, 2.05) is 6.07 Å². The highest BCUT2D eigenvalue weighted by Gasteiger charge is 2.38. The lowest BCUT2D eigenvalue weighted by Gasteiger charge is -2.25. The van der Waals surface area contributed by atoms with E-state index in [1.54, 1.807) is 62.4 Å². The molecule has 2 atom stereocenters. The van der Waals surface area contributed by atoms with Crippen molar-refractivity contribution in [2.75, 3.05) is 22.9 Å². The molecule has 0 bridgehead atoms. The van der Waals surface area contributed by atoms with Gasteiger partial charge in [0, 0.05) is 12.0 Å². The second-order valence-corrected chi connectivity index (χ2v) is 10.8. The zero-order chi connectivity index (χ0) is 32.7. The number of aryl methyl sites for hydroxylation is 2. The molecule has 1 heterocycles. The third kappa shape index (κ3) is 7.91. The first kappa shape index (κ1) is 32.4. The predicted molar refractivity (Wildman–Crippen MR) is 165 cm³/mol. The summed E-state index contributed by atoms with van der Waals surface area (Å²) in [7, 11) is 0. The molecule has 4 rings (SSSR count). The number of ketones is 1. The van der Waals surface area contributed by atoms with Crippen LogP contribution in [0.15, 0.2) is 66.7 Å². The minimum absolute atomic E-state index is 0.0375. The van der Waals surface area contributed by atoms with Gasteiger partial charge in [0.1, 0.15) is 37.0 Å². The number of carbonyl (C=O) groups is 6. The van der Waals surface area contributed by atoms with Crippen LogP contribution in [0.1, 0.15) is 40.4 Å². The molecule has 12 heteroatoms. The van der Waals surface area contributed by atoms with Crippen LogP contribution in [0.25, 0.3) is 0 Å². The van der Waals surface area contributed by atoms with Crippen LogP contribution in [-0.2, 0) is 30.5 Å². The largest absolute Gasteiger partial charge is 0.507 e. The first-order valence-electron chi connectivity index (χ1n) is 14.2. The highest BCUT2D eigenvalue weighted by Crippen LogP contribution is 2.33. The van der Waals surface area contributed by atoms with Crippen LogP contribution < -0.4 is 20.4 Å². The van der Waals surface area contributed by atoms with Crippen molar-refractivity contribution in [2.24, 2.45) is 0 Å². The molecule has 45 heavy (non-hydrogen) atoms.